The predicted molar refractivity (Wildman–Crippen MR) is 174 cm³/mol. The van der Waals surface area contributed by atoms with Gasteiger partial charge in [-0.25, -0.2) is 4.79 Å². The van der Waals surface area contributed by atoms with E-state index in [1.54, 1.807) is 33.8 Å². The Bertz CT molecular complexity index is 1530. The molecular weight excluding hydrogens is 620 g/mol. The van der Waals surface area contributed by atoms with Crippen LogP contribution < -0.4 is 0 Å². The van der Waals surface area contributed by atoms with Gasteiger partial charge in [-0.2, -0.15) is 0 Å². The molecule has 1 N–H and O–H groups in total. The quantitative estimate of drug-likeness (QED) is 0.176. The van der Waals surface area contributed by atoms with Crippen molar-refractivity contribution >= 4 is 35.9 Å². The lowest BCUT2D eigenvalue weighted by Gasteiger charge is -2.53. The van der Waals surface area contributed by atoms with Gasteiger partial charge in [-0.05, 0) is 61.5 Å². The van der Waals surface area contributed by atoms with E-state index in [0.717, 1.165) is 5.56 Å². The minimum atomic E-state index is -1.53. The zero-order chi connectivity index (χ0) is 35.8. The summed E-state index contributed by atoms with van der Waals surface area (Å²) in [5.74, 6) is -3.94. The van der Waals surface area contributed by atoms with Crippen molar-refractivity contribution in [2.75, 3.05) is 0 Å². The van der Waals surface area contributed by atoms with Crippen LogP contribution in [0.4, 0.5) is 0 Å². The van der Waals surface area contributed by atoms with Gasteiger partial charge in [-0.3, -0.25) is 19.2 Å². The fourth-order valence-electron chi connectivity index (χ4n) is 8.06. The van der Waals surface area contributed by atoms with Crippen LogP contribution in [-0.2, 0) is 47.7 Å². The standard InChI is InChI=1S/C37H46O11/c1-20-27-18-37(35(7,8)43)19-29(44-22(3)38)21(2)32(37)33(46-24(5)40)34(47-25(6)41)36(27,9)30(45-23(4)39)17-28(20)48-31(42)16-15-26-13-11-10-12-14-26/h10-16,27-30,33-34,43H,1,17-19H2,2-9H3/b16-15+/t27-,28+,29?,30?,33?,34+,36?,37?/m1/s1. The highest BCUT2D eigenvalue weighted by atomic mass is 16.6. The summed E-state index contributed by atoms with van der Waals surface area (Å²) in [6, 6.07) is 9.20. The number of ether oxygens (including phenoxy) is 5. The molecule has 1 aromatic carbocycles. The molecule has 0 amide bonds. The minimum absolute atomic E-state index is 0.0233. The van der Waals surface area contributed by atoms with Crippen molar-refractivity contribution in [1.29, 1.82) is 0 Å². The molecule has 2 saturated carbocycles. The summed E-state index contributed by atoms with van der Waals surface area (Å²) in [5, 5.41) is 12.0. The largest absolute Gasteiger partial charge is 0.462 e. The molecule has 2 fully saturated rings. The zero-order valence-corrected chi connectivity index (χ0v) is 28.9. The predicted octanol–water partition coefficient (Wildman–Crippen LogP) is 4.80. The lowest BCUT2D eigenvalue weighted by atomic mass is 9.56. The van der Waals surface area contributed by atoms with Crippen molar-refractivity contribution in [2.24, 2.45) is 16.7 Å². The topological polar surface area (TPSA) is 152 Å². The van der Waals surface area contributed by atoms with E-state index in [2.05, 4.69) is 6.58 Å². The molecule has 260 valence electrons. The van der Waals surface area contributed by atoms with Gasteiger partial charge in [-0.1, -0.05) is 43.8 Å². The van der Waals surface area contributed by atoms with Gasteiger partial charge in [0.25, 0.3) is 0 Å². The molecule has 11 nitrogen and oxygen atoms in total. The Morgan fingerprint density at radius 2 is 1.44 bits per heavy atom. The molecule has 3 aliphatic rings. The molecule has 3 aliphatic carbocycles. The first-order chi connectivity index (χ1) is 22.3. The Morgan fingerprint density at radius 1 is 0.854 bits per heavy atom. The zero-order valence-electron chi connectivity index (χ0n) is 28.9. The lowest BCUT2D eigenvalue weighted by Crippen LogP contribution is -2.60. The molecular formula is C37H46O11. The maximum atomic E-state index is 13.2. The van der Waals surface area contributed by atoms with E-state index in [4.69, 9.17) is 23.7 Å². The molecule has 8 atom stereocenters. The van der Waals surface area contributed by atoms with E-state index >= 15 is 0 Å². The molecule has 5 unspecified atom stereocenters. The van der Waals surface area contributed by atoms with E-state index < -0.39 is 82.7 Å². The molecule has 11 heteroatoms. The van der Waals surface area contributed by atoms with Gasteiger partial charge in [0.15, 0.2) is 12.2 Å². The minimum Gasteiger partial charge on any atom is -0.462 e. The third kappa shape index (κ3) is 6.97. The third-order valence-electron chi connectivity index (χ3n) is 10.3. The van der Waals surface area contributed by atoms with Crippen LogP contribution >= 0.6 is 0 Å². The summed E-state index contributed by atoms with van der Waals surface area (Å²) in [6.07, 6.45) is -2.17. The Hall–Kier alpha value is -4.25. The van der Waals surface area contributed by atoms with E-state index in [-0.39, 0.29) is 19.3 Å². The second-order valence-electron chi connectivity index (χ2n) is 13.8. The van der Waals surface area contributed by atoms with Crippen molar-refractivity contribution < 1.29 is 52.8 Å². The van der Waals surface area contributed by atoms with Crippen LogP contribution in [-0.4, -0.2) is 71.1 Å². The number of fused-ring (bicyclic) bond motifs is 2. The van der Waals surface area contributed by atoms with Gasteiger partial charge in [0, 0.05) is 52.0 Å². The van der Waals surface area contributed by atoms with Gasteiger partial charge in [0.05, 0.1) is 11.0 Å². The van der Waals surface area contributed by atoms with Gasteiger partial charge in [-0.15, -0.1) is 0 Å². The second kappa shape index (κ2) is 13.7. The number of benzene rings is 1. The average Bonchev–Trinajstić information content (AvgIpc) is 3.20. The highest BCUT2D eigenvalue weighted by molar-refractivity contribution is 5.87. The van der Waals surface area contributed by atoms with Crippen molar-refractivity contribution in [3.63, 3.8) is 0 Å². The van der Waals surface area contributed by atoms with Crippen molar-refractivity contribution in [1.82, 2.24) is 0 Å². The number of aliphatic hydroxyl groups is 1. The van der Waals surface area contributed by atoms with Crippen molar-refractivity contribution in [3.8, 4) is 0 Å². The molecule has 0 spiro atoms. The lowest BCUT2D eigenvalue weighted by molar-refractivity contribution is -0.202. The Balaban J connectivity index is 1.94. The number of esters is 5. The van der Waals surface area contributed by atoms with E-state index in [0.29, 0.717) is 16.7 Å². The van der Waals surface area contributed by atoms with Gasteiger partial charge < -0.3 is 28.8 Å². The fraction of sp³-hybridized carbons (Fsp3) is 0.541. The summed E-state index contributed by atoms with van der Waals surface area (Å²) < 4.78 is 29.7. The molecule has 4 rings (SSSR count). The van der Waals surface area contributed by atoms with Gasteiger partial charge in [0.1, 0.15) is 18.3 Å². The van der Waals surface area contributed by atoms with Crippen LogP contribution in [0.5, 0.6) is 0 Å². The summed E-state index contributed by atoms with van der Waals surface area (Å²) in [4.78, 5) is 63.7. The van der Waals surface area contributed by atoms with Gasteiger partial charge >= 0.3 is 29.8 Å². The molecule has 0 heterocycles. The summed E-state index contributed by atoms with van der Waals surface area (Å²) in [6.45, 7) is 16.1. The van der Waals surface area contributed by atoms with E-state index in [1.807, 2.05) is 30.3 Å². The van der Waals surface area contributed by atoms with Crippen molar-refractivity contribution in [3.05, 3.63) is 65.3 Å². The molecule has 0 bridgehead atoms. The molecule has 0 aromatic heterocycles. The molecule has 48 heavy (non-hydrogen) atoms. The third-order valence-corrected chi connectivity index (χ3v) is 10.3. The van der Waals surface area contributed by atoms with E-state index in [9.17, 15) is 29.1 Å². The van der Waals surface area contributed by atoms with Crippen LogP contribution in [0.3, 0.4) is 0 Å². The number of rotatable bonds is 8. The van der Waals surface area contributed by atoms with Crippen molar-refractivity contribution in [2.45, 2.75) is 111 Å². The highest BCUT2D eigenvalue weighted by Crippen LogP contribution is 2.65. The summed E-state index contributed by atoms with van der Waals surface area (Å²) in [5.41, 5.74) is -1.84. The monoisotopic (exact) mass is 666 g/mol. The number of carbonyl (C=O) groups is 5. The van der Waals surface area contributed by atoms with Crippen LogP contribution in [0.2, 0.25) is 0 Å². The van der Waals surface area contributed by atoms with Crippen LogP contribution in [0.25, 0.3) is 6.08 Å². The number of hydrogen-bond acceptors (Lipinski definition) is 11. The smallest absolute Gasteiger partial charge is 0.331 e. The fourth-order valence-corrected chi connectivity index (χ4v) is 8.06. The van der Waals surface area contributed by atoms with E-state index in [1.165, 1.54) is 33.8 Å². The van der Waals surface area contributed by atoms with Crippen LogP contribution in [0.1, 0.15) is 80.2 Å². The Labute approximate surface area is 281 Å². The Morgan fingerprint density at radius 3 is 1.98 bits per heavy atom. The first-order valence-electron chi connectivity index (χ1n) is 16.1. The summed E-state index contributed by atoms with van der Waals surface area (Å²) in [7, 11) is 0. The Kier molecular flexibility index (Phi) is 10.4. The number of carbonyl (C=O) groups excluding carboxylic acids is 5. The molecule has 0 radical (unpaired) electrons. The van der Waals surface area contributed by atoms with Crippen LogP contribution in [0.15, 0.2) is 59.7 Å². The highest BCUT2D eigenvalue weighted by Gasteiger charge is 2.69. The first kappa shape index (κ1) is 36.6. The maximum absolute atomic E-state index is 13.2. The number of hydrogen-bond donors (Lipinski definition) is 1. The summed E-state index contributed by atoms with van der Waals surface area (Å²) >= 11 is 0. The average molecular weight is 667 g/mol. The van der Waals surface area contributed by atoms with Crippen LogP contribution in [0, 0.1) is 16.7 Å². The van der Waals surface area contributed by atoms with Gasteiger partial charge in [0.2, 0.25) is 0 Å². The SMILES string of the molecule is C=C1[C@@H](OC(=O)/C=C/c2ccccc2)CC(OC(C)=O)C2(C)[C@@H]1CC1(C(C)(C)O)CC(OC(C)=O)C(C)=C1C(OC(C)=O)[C@@H]2OC(C)=O. The second-order valence-corrected chi connectivity index (χ2v) is 13.8. The normalized spacial score (nSPS) is 31.6. The molecule has 0 aliphatic heterocycles. The molecule has 1 aromatic rings. The maximum Gasteiger partial charge on any atom is 0.331 e. The first-order valence-corrected chi connectivity index (χ1v) is 16.1. The molecule has 0 saturated heterocycles.